The first kappa shape index (κ1) is 48.3. The van der Waals surface area contributed by atoms with Crippen molar-refractivity contribution in [3.8, 4) is 0 Å². The quantitative estimate of drug-likeness (QED) is 0.0284. The van der Waals surface area contributed by atoms with Crippen LogP contribution in [0.25, 0.3) is 0 Å². The lowest BCUT2D eigenvalue weighted by Gasteiger charge is -2.15. The fraction of sp³-hybridized carbons (Fsp3) is 0.810. The van der Waals surface area contributed by atoms with Crippen molar-refractivity contribution in [1.29, 1.82) is 0 Å². The highest BCUT2D eigenvalue weighted by Crippen LogP contribution is 2.15. The maximum absolute atomic E-state index is 12.5. The van der Waals surface area contributed by atoms with Crippen molar-refractivity contribution >= 4 is 23.8 Å². The second-order valence-electron chi connectivity index (χ2n) is 14.1. The van der Waals surface area contributed by atoms with E-state index in [1.54, 1.807) is 0 Å². The number of amides is 2. The number of aliphatic carboxylic acids is 1. The summed E-state index contributed by atoms with van der Waals surface area (Å²) in [7, 11) is 0. The van der Waals surface area contributed by atoms with E-state index >= 15 is 0 Å². The Morgan fingerprint density at radius 2 is 1.10 bits per heavy atom. The van der Waals surface area contributed by atoms with Crippen LogP contribution < -0.4 is 10.6 Å². The van der Waals surface area contributed by atoms with Gasteiger partial charge in [0.05, 0.1) is 13.2 Å². The van der Waals surface area contributed by atoms with Crippen LogP contribution in [0.15, 0.2) is 24.3 Å². The molecule has 0 bridgehead atoms. The molecule has 2 unspecified atom stereocenters. The summed E-state index contributed by atoms with van der Waals surface area (Å²) in [5.41, 5.74) is 0. The van der Waals surface area contributed by atoms with Crippen LogP contribution in [0, 0.1) is 0 Å². The molecule has 0 saturated heterocycles. The van der Waals surface area contributed by atoms with E-state index in [9.17, 15) is 19.2 Å². The number of aliphatic hydroxyl groups excluding tert-OH is 1. The first-order valence-corrected chi connectivity index (χ1v) is 20.7. The van der Waals surface area contributed by atoms with Crippen molar-refractivity contribution in [3.05, 3.63) is 24.3 Å². The molecule has 2 atom stereocenters. The number of esters is 1. The van der Waals surface area contributed by atoms with E-state index in [2.05, 4.69) is 42.7 Å². The maximum Gasteiger partial charge on any atom is 0.328 e. The average molecular weight is 721 g/mol. The first-order chi connectivity index (χ1) is 24.8. The van der Waals surface area contributed by atoms with E-state index in [0.29, 0.717) is 12.8 Å². The summed E-state index contributed by atoms with van der Waals surface area (Å²) in [5.74, 6) is -2.41. The number of carboxylic acids is 1. The number of carbonyl (C=O) groups is 4. The average Bonchev–Trinajstić information content (AvgIpc) is 3.11. The molecule has 9 nitrogen and oxygen atoms in total. The van der Waals surface area contributed by atoms with Gasteiger partial charge >= 0.3 is 11.9 Å². The third-order valence-corrected chi connectivity index (χ3v) is 9.14. The Hall–Kier alpha value is -2.68. The van der Waals surface area contributed by atoms with Crippen LogP contribution in [0.4, 0.5) is 0 Å². The molecule has 0 aromatic carbocycles. The van der Waals surface area contributed by atoms with Gasteiger partial charge in [0.2, 0.25) is 11.8 Å². The molecule has 2 amide bonds. The molecular formula is C42H76N2O7. The Bertz CT molecular complexity index is 921. The van der Waals surface area contributed by atoms with E-state index in [-0.39, 0.29) is 30.9 Å². The molecule has 0 aliphatic heterocycles. The zero-order chi connectivity index (χ0) is 37.6. The smallest absolute Gasteiger partial charge is 0.328 e. The summed E-state index contributed by atoms with van der Waals surface area (Å²) in [6, 6.07) is -1.39. The van der Waals surface area contributed by atoms with Gasteiger partial charge in [-0.2, -0.15) is 0 Å². The normalized spacial score (nSPS) is 12.7. The van der Waals surface area contributed by atoms with Crippen molar-refractivity contribution in [1.82, 2.24) is 10.6 Å². The van der Waals surface area contributed by atoms with Crippen LogP contribution in [-0.4, -0.2) is 59.3 Å². The molecule has 0 aliphatic rings. The Labute approximate surface area is 311 Å². The Balaban J connectivity index is 3.86. The summed E-state index contributed by atoms with van der Waals surface area (Å²) >= 11 is 0. The molecule has 0 rings (SSSR count). The fourth-order valence-corrected chi connectivity index (χ4v) is 5.92. The molecule has 0 radical (unpaired) electrons. The minimum Gasteiger partial charge on any atom is -0.480 e. The predicted molar refractivity (Wildman–Crippen MR) is 208 cm³/mol. The van der Waals surface area contributed by atoms with Crippen molar-refractivity contribution in [3.63, 3.8) is 0 Å². The number of aliphatic hydroxyl groups is 1. The van der Waals surface area contributed by atoms with Gasteiger partial charge in [0, 0.05) is 12.8 Å². The lowest BCUT2D eigenvalue weighted by molar-refractivity contribution is -0.147. The van der Waals surface area contributed by atoms with Gasteiger partial charge < -0.3 is 25.6 Å². The molecule has 0 fully saturated rings. The highest BCUT2D eigenvalue weighted by Gasteiger charge is 2.18. The second-order valence-corrected chi connectivity index (χ2v) is 14.1. The number of nitrogens with one attached hydrogen (secondary N) is 2. The summed E-state index contributed by atoms with van der Waals surface area (Å²) in [6.07, 6.45) is 39.9. The number of unbranched alkanes of at least 4 members (excludes halogenated alkanes) is 21. The van der Waals surface area contributed by atoms with Gasteiger partial charge in [-0.05, 0) is 63.9 Å². The molecule has 0 saturated carbocycles. The third kappa shape index (κ3) is 34.2. The lowest BCUT2D eigenvalue weighted by Crippen LogP contribution is -2.47. The van der Waals surface area contributed by atoms with Crippen LogP contribution in [0.2, 0.25) is 0 Å². The van der Waals surface area contributed by atoms with Crippen molar-refractivity contribution < 1.29 is 34.1 Å². The zero-order valence-electron chi connectivity index (χ0n) is 32.6. The predicted octanol–water partition coefficient (Wildman–Crippen LogP) is 9.65. The molecule has 0 aliphatic carbocycles. The van der Waals surface area contributed by atoms with Gasteiger partial charge in [-0.3, -0.25) is 14.4 Å². The molecule has 9 heteroatoms. The topological polar surface area (TPSA) is 142 Å². The number of hydrogen-bond acceptors (Lipinski definition) is 6. The minimum atomic E-state index is -1.39. The molecule has 296 valence electrons. The molecular weight excluding hydrogens is 644 g/mol. The first-order valence-electron chi connectivity index (χ1n) is 20.7. The van der Waals surface area contributed by atoms with Crippen LogP contribution in [-0.2, 0) is 23.9 Å². The van der Waals surface area contributed by atoms with Crippen LogP contribution in [0.5, 0.6) is 0 Å². The highest BCUT2D eigenvalue weighted by molar-refractivity contribution is 5.87. The molecule has 0 spiro atoms. The number of ether oxygens (including phenoxy) is 1. The van der Waals surface area contributed by atoms with E-state index in [0.717, 1.165) is 51.4 Å². The van der Waals surface area contributed by atoms with E-state index < -0.39 is 24.5 Å². The minimum absolute atomic E-state index is 0.123. The summed E-state index contributed by atoms with van der Waals surface area (Å²) in [4.78, 5) is 47.1. The molecule has 0 aromatic heterocycles. The Morgan fingerprint density at radius 3 is 1.63 bits per heavy atom. The monoisotopic (exact) mass is 721 g/mol. The number of hydrogen-bond donors (Lipinski definition) is 4. The maximum atomic E-state index is 12.5. The second kappa shape index (κ2) is 37.1. The van der Waals surface area contributed by atoms with Crippen molar-refractivity contribution in [2.45, 2.75) is 206 Å². The van der Waals surface area contributed by atoms with Crippen molar-refractivity contribution in [2.75, 3.05) is 13.2 Å². The molecule has 0 aromatic rings. The third-order valence-electron chi connectivity index (χ3n) is 9.14. The highest BCUT2D eigenvalue weighted by atomic mass is 16.5. The summed E-state index contributed by atoms with van der Waals surface area (Å²) in [5, 5.41) is 22.4. The van der Waals surface area contributed by atoms with E-state index in [4.69, 9.17) is 14.9 Å². The van der Waals surface area contributed by atoms with Crippen molar-refractivity contribution in [2.24, 2.45) is 0 Å². The number of allylic oxidation sites excluding steroid dienone is 3. The van der Waals surface area contributed by atoms with E-state index in [1.807, 2.05) is 6.08 Å². The van der Waals surface area contributed by atoms with Crippen LogP contribution in [0.3, 0.4) is 0 Å². The molecule has 4 N–H and O–H groups in total. The number of rotatable bonds is 37. The molecule has 0 heterocycles. The van der Waals surface area contributed by atoms with Gasteiger partial charge in [0.1, 0.15) is 12.1 Å². The fourth-order valence-electron chi connectivity index (χ4n) is 5.92. The SMILES string of the molecule is CCC/C=C\C(CCCCCCC(=O)NCC(=O)NC(CO)C(=O)O)OC(=O)CCCCCCCCCCC/C=C\CCCCCCCCCC. The number of carbonyl (C=O) groups excluding carboxylic acids is 3. The Kier molecular flexibility index (Phi) is 35.1. The standard InChI is InChI=1S/C42H76N2O7/c1-3-5-7-8-9-10-11-12-13-14-15-16-17-18-19-20-21-22-23-24-30-34-41(48)51-37(31-27-6-4-2)32-28-25-26-29-33-39(46)43-35-40(47)44-38(36-45)42(49)50/h14-15,27,31,37-38,45H,3-13,16-26,28-30,32-36H2,1-2H3,(H,43,46)(H,44,47)(H,49,50)/b15-14-,31-27-. The summed E-state index contributed by atoms with van der Waals surface area (Å²) in [6.45, 7) is 3.34. The zero-order valence-corrected chi connectivity index (χ0v) is 32.6. The number of carboxylic acid groups (broad SMARTS) is 1. The van der Waals surface area contributed by atoms with Gasteiger partial charge in [0.15, 0.2) is 0 Å². The van der Waals surface area contributed by atoms with Gasteiger partial charge in [0.25, 0.3) is 0 Å². The molecule has 51 heavy (non-hydrogen) atoms. The van der Waals surface area contributed by atoms with Crippen LogP contribution >= 0.6 is 0 Å². The van der Waals surface area contributed by atoms with Gasteiger partial charge in [-0.1, -0.05) is 141 Å². The van der Waals surface area contributed by atoms with Gasteiger partial charge in [-0.25, -0.2) is 4.79 Å². The Morgan fingerprint density at radius 1 is 0.588 bits per heavy atom. The van der Waals surface area contributed by atoms with E-state index in [1.165, 1.54) is 109 Å². The largest absolute Gasteiger partial charge is 0.480 e. The summed E-state index contributed by atoms with van der Waals surface area (Å²) < 4.78 is 5.81. The van der Waals surface area contributed by atoms with Gasteiger partial charge in [-0.15, -0.1) is 0 Å². The lowest BCUT2D eigenvalue weighted by atomic mass is 10.0. The van der Waals surface area contributed by atoms with Crippen LogP contribution in [0.1, 0.15) is 194 Å².